The first-order chi connectivity index (χ1) is 10.7. The molecule has 0 aromatic carbocycles. The fourth-order valence-electron chi connectivity index (χ4n) is 3.05. The number of nitrogens with zero attached hydrogens (tertiary/aromatic N) is 4. The summed E-state index contributed by atoms with van der Waals surface area (Å²) in [6.45, 7) is 2.01. The van der Waals surface area contributed by atoms with E-state index in [4.69, 9.17) is 0 Å². The molecule has 3 heterocycles. The quantitative estimate of drug-likeness (QED) is 0.801. The Labute approximate surface area is 127 Å². The smallest absolute Gasteiger partial charge is 0.279 e. The second-order valence-corrected chi connectivity index (χ2v) is 5.99. The lowest BCUT2D eigenvalue weighted by molar-refractivity contribution is 0.408. The standard InChI is InChI=1S/C16H17N5O/c1-10-5-11(8-17-7-10)6-13-14(12-3-2-4-12)20-16-18-9-19-21(16)15(13)22/h5,7-9,12H,2-4,6H2,1H3,(H,18,19,20). The van der Waals surface area contributed by atoms with Crippen LogP contribution in [-0.2, 0) is 6.42 Å². The predicted molar refractivity (Wildman–Crippen MR) is 82.0 cm³/mol. The summed E-state index contributed by atoms with van der Waals surface area (Å²) in [7, 11) is 0. The Morgan fingerprint density at radius 2 is 2.23 bits per heavy atom. The van der Waals surface area contributed by atoms with Gasteiger partial charge in [0.1, 0.15) is 6.33 Å². The number of pyridine rings is 1. The second-order valence-electron chi connectivity index (χ2n) is 5.99. The summed E-state index contributed by atoms with van der Waals surface area (Å²) in [4.78, 5) is 24.4. The van der Waals surface area contributed by atoms with Crippen LogP contribution in [0, 0.1) is 6.92 Å². The second kappa shape index (κ2) is 5.05. The van der Waals surface area contributed by atoms with Gasteiger partial charge in [-0.3, -0.25) is 9.78 Å². The Bertz CT molecular complexity index is 891. The van der Waals surface area contributed by atoms with Gasteiger partial charge >= 0.3 is 0 Å². The number of nitrogens with one attached hydrogen (secondary N) is 1. The largest absolute Gasteiger partial charge is 0.327 e. The summed E-state index contributed by atoms with van der Waals surface area (Å²) in [5.41, 5.74) is 3.88. The van der Waals surface area contributed by atoms with E-state index in [2.05, 4.69) is 26.1 Å². The van der Waals surface area contributed by atoms with Crippen LogP contribution in [0.4, 0.5) is 0 Å². The van der Waals surface area contributed by atoms with Gasteiger partial charge in [0.15, 0.2) is 0 Å². The van der Waals surface area contributed by atoms with Gasteiger partial charge in [-0.1, -0.05) is 12.5 Å². The van der Waals surface area contributed by atoms with Crippen LogP contribution in [0.1, 0.15) is 47.6 Å². The molecule has 3 aromatic rings. The topological polar surface area (TPSA) is 75.9 Å². The van der Waals surface area contributed by atoms with Crippen molar-refractivity contribution in [3.8, 4) is 0 Å². The molecule has 3 aromatic heterocycles. The van der Waals surface area contributed by atoms with E-state index < -0.39 is 0 Å². The van der Waals surface area contributed by atoms with Crippen LogP contribution in [0.5, 0.6) is 0 Å². The van der Waals surface area contributed by atoms with Crippen LogP contribution in [0.25, 0.3) is 5.78 Å². The number of aromatic amines is 1. The van der Waals surface area contributed by atoms with E-state index in [1.54, 1.807) is 0 Å². The summed E-state index contributed by atoms with van der Waals surface area (Å²) in [6, 6.07) is 2.07. The number of aryl methyl sites for hydroxylation is 1. The van der Waals surface area contributed by atoms with Crippen molar-refractivity contribution in [3.63, 3.8) is 0 Å². The third-order valence-electron chi connectivity index (χ3n) is 4.40. The lowest BCUT2D eigenvalue weighted by Gasteiger charge is -2.27. The number of fused-ring (bicyclic) bond motifs is 1. The molecule has 22 heavy (non-hydrogen) atoms. The minimum Gasteiger partial charge on any atom is -0.327 e. The summed E-state index contributed by atoms with van der Waals surface area (Å²) in [6.07, 6.45) is 9.10. The van der Waals surface area contributed by atoms with Crippen molar-refractivity contribution in [1.82, 2.24) is 24.6 Å². The van der Waals surface area contributed by atoms with Crippen LogP contribution < -0.4 is 5.56 Å². The molecule has 0 atom stereocenters. The minimum absolute atomic E-state index is 0.0744. The van der Waals surface area contributed by atoms with Crippen molar-refractivity contribution in [2.24, 2.45) is 0 Å². The molecule has 1 aliphatic carbocycles. The third-order valence-corrected chi connectivity index (χ3v) is 4.40. The first kappa shape index (κ1) is 13.2. The zero-order chi connectivity index (χ0) is 15.1. The molecule has 0 amide bonds. The van der Waals surface area contributed by atoms with Gasteiger partial charge in [-0.05, 0) is 36.8 Å². The van der Waals surface area contributed by atoms with Gasteiger partial charge in [0.05, 0.1) is 0 Å². The Kier molecular flexibility index (Phi) is 3.03. The molecular weight excluding hydrogens is 278 g/mol. The van der Waals surface area contributed by atoms with Crippen LogP contribution in [0.3, 0.4) is 0 Å². The van der Waals surface area contributed by atoms with Crippen LogP contribution in [0.2, 0.25) is 0 Å². The fraction of sp³-hybridized carbons (Fsp3) is 0.375. The number of rotatable bonds is 3. The van der Waals surface area contributed by atoms with Crippen LogP contribution in [-0.4, -0.2) is 24.6 Å². The molecule has 1 N–H and O–H groups in total. The van der Waals surface area contributed by atoms with Gasteiger partial charge in [-0.15, -0.1) is 0 Å². The fourth-order valence-corrected chi connectivity index (χ4v) is 3.05. The van der Waals surface area contributed by atoms with Gasteiger partial charge in [-0.2, -0.15) is 14.6 Å². The first-order valence-electron chi connectivity index (χ1n) is 7.57. The molecule has 112 valence electrons. The van der Waals surface area contributed by atoms with Crippen LogP contribution in [0.15, 0.2) is 29.6 Å². The number of hydrogen-bond acceptors (Lipinski definition) is 4. The predicted octanol–water partition coefficient (Wildman–Crippen LogP) is 1.98. The number of hydrogen-bond donors (Lipinski definition) is 1. The molecule has 1 saturated carbocycles. The Balaban J connectivity index is 1.86. The molecule has 0 radical (unpaired) electrons. The monoisotopic (exact) mass is 295 g/mol. The van der Waals surface area contributed by atoms with Crippen molar-refractivity contribution in [2.75, 3.05) is 0 Å². The maximum atomic E-state index is 12.8. The zero-order valence-corrected chi connectivity index (χ0v) is 12.4. The molecule has 0 spiro atoms. The van der Waals surface area contributed by atoms with Gasteiger partial charge in [0.2, 0.25) is 5.78 Å². The summed E-state index contributed by atoms with van der Waals surface area (Å²) in [5, 5.41) is 4.03. The van der Waals surface area contributed by atoms with E-state index in [1.165, 1.54) is 17.3 Å². The number of H-pyrrole nitrogens is 1. The summed E-state index contributed by atoms with van der Waals surface area (Å²) in [5.74, 6) is 0.959. The van der Waals surface area contributed by atoms with E-state index in [0.717, 1.165) is 35.2 Å². The molecular formula is C16H17N5O. The maximum absolute atomic E-state index is 12.8. The molecule has 0 aliphatic heterocycles. The Hall–Kier alpha value is -2.50. The molecule has 6 nitrogen and oxygen atoms in total. The van der Waals surface area contributed by atoms with Crippen molar-refractivity contribution in [2.45, 2.75) is 38.5 Å². The number of aromatic nitrogens is 5. The average molecular weight is 295 g/mol. The van der Waals surface area contributed by atoms with Gasteiger partial charge in [0.25, 0.3) is 5.56 Å². The lowest BCUT2D eigenvalue weighted by atomic mass is 9.80. The average Bonchev–Trinajstić information content (AvgIpc) is 2.90. The zero-order valence-electron chi connectivity index (χ0n) is 12.4. The van der Waals surface area contributed by atoms with Gasteiger partial charge < -0.3 is 4.98 Å². The molecule has 1 aliphatic rings. The molecule has 1 fully saturated rings. The molecule has 0 saturated heterocycles. The molecule has 6 heteroatoms. The van der Waals surface area contributed by atoms with Gasteiger partial charge in [0, 0.05) is 30.1 Å². The van der Waals surface area contributed by atoms with Crippen molar-refractivity contribution >= 4 is 5.78 Å². The highest BCUT2D eigenvalue weighted by molar-refractivity contribution is 5.36. The normalized spacial score (nSPS) is 15.1. The summed E-state index contributed by atoms with van der Waals surface area (Å²) < 4.78 is 1.35. The Morgan fingerprint density at radius 1 is 1.36 bits per heavy atom. The van der Waals surface area contributed by atoms with Gasteiger partial charge in [-0.25, -0.2) is 0 Å². The lowest BCUT2D eigenvalue weighted by Crippen LogP contribution is -2.26. The molecule has 4 rings (SSSR count). The highest BCUT2D eigenvalue weighted by atomic mass is 16.1. The highest BCUT2D eigenvalue weighted by Crippen LogP contribution is 2.36. The van der Waals surface area contributed by atoms with E-state index in [-0.39, 0.29) is 5.56 Å². The van der Waals surface area contributed by atoms with E-state index in [1.807, 2.05) is 19.3 Å². The minimum atomic E-state index is -0.0744. The van der Waals surface area contributed by atoms with E-state index in [9.17, 15) is 4.79 Å². The van der Waals surface area contributed by atoms with Crippen molar-refractivity contribution < 1.29 is 0 Å². The molecule has 0 unspecified atom stereocenters. The molecule has 0 bridgehead atoms. The van der Waals surface area contributed by atoms with Crippen molar-refractivity contribution in [1.29, 1.82) is 0 Å². The van der Waals surface area contributed by atoms with E-state index >= 15 is 0 Å². The Morgan fingerprint density at radius 3 is 2.95 bits per heavy atom. The first-order valence-corrected chi connectivity index (χ1v) is 7.57. The van der Waals surface area contributed by atoms with E-state index in [0.29, 0.717) is 18.1 Å². The third kappa shape index (κ3) is 2.11. The maximum Gasteiger partial charge on any atom is 0.279 e. The van der Waals surface area contributed by atoms with Crippen LogP contribution >= 0.6 is 0 Å². The summed E-state index contributed by atoms with van der Waals surface area (Å²) >= 11 is 0. The highest BCUT2D eigenvalue weighted by Gasteiger charge is 2.26. The SMILES string of the molecule is Cc1cncc(Cc2c(C3CCC3)[nH]c3ncnn3c2=O)c1. The van der Waals surface area contributed by atoms with Crippen molar-refractivity contribution in [3.05, 3.63) is 57.5 Å².